The number of amides is 2. The second-order valence-electron chi connectivity index (χ2n) is 5.62. The first-order valence-electron chi connectivity index (χ1n) is 7.85. The topological polar surface area (TPSA) is 97.1 Å². The molecule has 2 amide bonds. The van der Waals surface area contributed by atoms with E-state index in [2.05, 4.69) is 15.6 Å². The number of nitrogens with one attached hydrogen (secondary N) is 2. The van der Waals surface area contributed by atoms with Crippen LogP contribution in [0, 0.1) is 13.8 Å². The first-order chi connectivity index (χ1) is 11.4. The van der Waals surface area contributed by atoms with Gasteiger partial charge in [0.1, 0.15) is 4.88 Å². The standard InChI is InChI=1S/C17H22N4O2S/c1-4-5-6-14(22)20-12-8-7-10(2)9-13(12)21-16(23)15-11(3)19-17(18)24-15/h7-9H,4-6H2,1-3H3,(H2,18,19)(H,20,22)(H,21,23). The number of benzene rings is 1. The summed E-state index contributed by atoms with van der Waals surface area (Å²) in [5.74, 6) is -0.342. The summed E-state index contributed by atoms with van der Waals surface area (Å²) in [6.45, 7) is 5.70. The first-order valence-corrected chi connectivity index (χ1v) is 8.67. The van der Waals surface area contributed by atoms with Crippen molar-refractivity contribution in [3.63, 3.8) is 0 Å². The maximum absolute atomic E-state index is 12.5. The lowest BCUT2D eigenvalue weighted by molar-refractivity contribution is -0.116. The van der Waals surface area contributed by atoms with Gasteiger partial charge in [0.05, 0.1) is 17.1 Å². The van der Waals surface area contributed by atoms with Gasteiger partial charge in [-0.15, -0.1) is 0 Å². The normalized spacial score (nSPS) is 10.5. The molecule has 0 spiro atoms. The van der Waals surface area contributed by atoms with Gasteiger partial charge in [-0.1, -0.05) is 30.7 Å². The number of nitrogen functional groups attached to an aromatic ring is 1. The van der Waals surface area contributed by atoms with Gasteiger partial charge in [0, 0.05) is 6.42 Å². The van der Waals surface area contributed by atoms with Gasteiger partial charge in [-0.3, -0.25) is 9.59 Å². The lowest BCUT2D eigenvalue weighted by atomic mass is 10.1. The molecule has 128 valence electrons. The van der Waals surface area contributed by atoms with Gasteiger partial charge in [0.25, 0.3) is 5.91 Å². The third kappa shape index (κ3) is 4.55. The van der Waals surface area contributed by atoms with Crippen LogP contribution in [-0.4, -0.2) is 16.8 Å². The number of aryl methyl sites for hydroxylation is 2. The SMILES string of the molecule is CCCCC(=O)Nc1ccc(C)cc1NC(=O)c1sc(N)nc1C. The minimum Gasteiger partial charge on any atom is -0.375 e. The third-order valence-electron chi connectivity index (χ3n) is 3.47. The van der Waals surface area contributed by atoms with Crippen LogP contribution >= 0.6 is 11.3 Å². The van der Waals surface area contributed by atoms with Gasteiger partial charge in [-0.25, -0.2) is 4.98 Å². The highest BCUT2D eigenvalue weighted by Crippen LogP contribution is 2.26. The van der Waals surface area contributed by atoms with Crippen LogP contribution in [0.3, 0.4) is 0 Å². The van der Waals surface area contributed by atoms with Crippen molar-refractivity contribution in [2.75, 3.05) is 16.4 Å². The van der Waals surface area contributed by atoms with E-state index in [1.807, 2.05) is 26.0 Å². The van der Waals surface area contributed by atoms with Crippen molar-refractivity contribution in [1.82, 2.24) is 4.98 Å². The van der Waals surface area contributed by atoms with E-state index in [-0.39, 0.29) is 11.8 Å². The van der Waals surface area contributed by atoms with E-state index in [1.54, 1.807) is 13.0 Å². The maximum atomic E-state index is 12.5. The Morgan fingerprint density at radius 3 is 2.58 bits per heavy atom. The average Bonchev–Trinajstić information content (AvgIpc) is 2.86. The highest BCUT2D eigenvalue weighted by molar-refractivity contribution is 7.17. The van der Waals surface area contributed by atoms with E-state index in [0.717, 1.165) is 29.7 Å². The fourth-order valence-electron chi connectivity index (χ4n) is 2.23. The van der Waals surface area contributed by atoms with E-state index in [4.69, 9.17) is 5.73 Å². The number of aromatic nitrogens is 1. The van der Waals surface area contributed by atoms with Crippen molar-refractivity contribution in [2.24, 2.45) is 0 Å². The van der Waals surface area contributed by atoms with Crippen LogP contribution < -0.4 is 16.4 Å². The highest BCUT2D eigenvalue weighted by atomic mass is 32.1. The molecule has 6 nitrogen and oxygen atoms in total. The van der Waals surface area contributed by atoms with Crippen LogP contribution in [0.2, 0.25) is 0 Å². The highest BCUT2D eigenvalue weighted by Gasteiger charge is 2.16. The van der Waals surface area contributed by atoms with Gasteiger partial charge in [0.2, 0.25) is 5.91 Å². The van der Waals surface area contributed by atoms with Crippen LogP contribution in [0.1, 0.15) is 47.1 Å². The predicted molar refractivity (Wildman–Crippen MR) is 98.6 cm³/mol. The Morgan fingerprint density at radius 2 is 1.96 bits per heavy atom. The summed E-state index contributed by atoms with van der Waals surface area (Å²) < 4.78 is 0. The molecule has 0 unspecified atom stereocenters. The maximum Gasteiger partial charge on any atom is 0.267 e. The Kier molecular flexibility index (Phi) is 5.92. The summed E-state index contributed by atoms with van der Waals surface area (Å²) in [6.07, 6.45) is 2.25. The minimum absolute atomic E-state index is 0.0607. The van der Waals surface area contributed by atoms with Gasteiger partial charge < -0.3 is 16.4 Å². The second kappa shape index (κ2) is 7.92. The van der Waals surface area contributed by atoms with Crippen LogP contribution in [0.15, 0.2) is 18.2 Å². The largest absolute Gasteiger partial charge is 0.375 e. The molecule has 1 aromatic carbocycles. The molecular weight excluding hydrogens is 324 g/mol. The molecule has 0 saturated carbocycles. The fourth-order valence-corrected chi connectivity index (χ4v) is 2.96. The zero-order chi connectivity index (χ0) is 17.7. The summed E-state index contributed by atoms with van der Waals surface area (Å²) in [5.41, 5.74) is 8.38. The molecule has 0 fully saturated rings. The Hall–Kier alpha value is -2.41. The molecule has 2 aromatic rings. The number of carbonyl (C=O) groups excluding carboxylic acids is 2. The van der Waals surface area contributed by atoms with E-state index in [1.165, 1.54) is 0 Å². The Balaban J connectivity index is 2.19. The summed E-state index contributed by atoms with van der Waals surface area (Å²) >= 11 is 1.14. The van der Waals surface area contributed by atoms with E-state index < -0.39 is 0 Å². The van der Waals surface area contributed by atoms with Crippen molar-refractivity contribution in [3.05, 3.63) is 34.3 Å². The molecule has 1 heterocycles. The van der Waals surface area contributed by atoms with Crippen molar-refractivity contribution >= 4 is 39.7 Å². The summed E-state index contributed by atoms with van der Waals surface area (Å²) in [7, 11) is 0. The number of rotatable bonds is 6. The molecule has 4 N–H and O–H groups in total. The summed E-state index contributed by atoms with van der Waals surface area (Å²) in [4.78, 5) is 29.0. The first kappa shape index (κ1) is 17.9. The summed E-state index contributed by atoms with van der Waals surface area (Å²) in [6, 6.07) is 5.51. The van der Waals surface area contributed by atoms with Crippen LogP contribution in [0.4, 0.5) is 16.5 Å². The Bertz CT molecular complexity index is 755. The molecule has 1 aromatic heterocycles. The molecule has 0 bridgehead atoms. The third-order valence-corrected chi connectivity index (χ3v) is 4.46. The molecule has 0 radical (unpaired) electrons. The lowest BCUT2D eigenvalue weighted by Gasteiger charge is -2.13. The molecule has 0 atom stereocenters. The number of nitrogens with two attached hydrogens (primary N) is 1. The van der Waals surface area contributed by atoms with Crippen molar-refractivity contribution in [2.45, 2.75) is 40.0 Å². The number of unbranched alkanes of at least 4 members (excludes halogenated alkanes) is 1. The average molecular weight is 346 g/mol. The number of anilines is 3. The van der Waals surface area contributed by atoms with Crippen LogP contribution in [-0.2, 0) is 4.79 Å². The molecule has 0 aliphatic carbocycles. The zero-order valence-corrected chi connectivity index (χ0v) is 14.9. The summed E-state index contributed by atoms with van der Waals surface area (Å²) in [5, 5.41) is 6.06. The number of nitrogens with zero attached hydrogens (tertiary/aromatic N) is 1. The van der Waals surface area contributed by atoms with Crippen LogP contribution in [0.25, 0.3) is 0 Å². The fraction of sp³-hybridized carbons (Fsp3) is 0.353. The predicted octanol–water partition coefficient (Wildman–Crippen LogP) is 3.72. The molecule has 0 saturated heterocycles. The molecule has 0 aliphatic heterocycles. The monoisotopic (exact) mass is 346 g/mol. The van der Waals surface area contributed by atoms with E-state index in [9.17, 15) is 9.59 Å². The quantitative estimate of drug-likeness (QED) is 0.742. The lowest BCUT2D eigenvalue weighted by Crippen LogP contribution is -2.16. The number of thiazole rings is 1. The van der Waals surface area contributed by atoms with Gasteiger partial charge in [-0.05, 0) is 38.0 Å². The second-order valence-corrected chi connectivity index (χ2v) is 6.65. The smallest absolute Gasteiger partial charge is 0.267 e. The van der Waals surface area contributed by atoms with Crippen molar-refractivity contribution < 1.29 is 9.59 Å². The van der Waals surface area contributed by atoms with Gasteiger partial charge >= 0.3 is 0 Å². The van der Waals surface area contributed by atoms with Crippen molar-refractivity contribution in [3.8, 4) is 0 Å². The molecular formula is C17H22N4O2S. The molecule has 0 aliphatic rings. The Morgan fingerprint density at radius 1 is 1.21 bits per heavy atom. The zero-order valence-electron chi connectivity index (χ0n) is 14.1. The molecule has 2 rings (SSSR count). The number of carbonyl (C=O) groups is 2. The molecule has 24 heavy (non-hydrogen) atoms. The van der Waals surface area contributed by atoms with E-state index in [0.29, 0.717) is 33.5 Å². The van der Waals surface area contributed by atoms with Gasteiger partial charge in [-0.2, -0.15) is 0 Å². The van der Waals surface area contributed by atoms with Gasteiger partial charge in [0.15, 0.2) is 5.13 Å². The van der Waals surface area contributed by atoms with Crippen molar-refractivity contribution in [1.29, 1.82) is 0 Å². The Labute approximate surface area is 145 Å². The van der Waals surface area contributed by atoms with E-state index >= 15 is 0 Å². The number of hydrogen-bond acceptors (Lipinski definition) is 5. The van der Waals surface area contributed by atoms with Crippen LogP contribution in [0.5, 0.6) is 0 Å². The minimum atomic E-state index is -0.281. The molecule has 7 heteroatoms. The number of hydrogen-bond donors (Lipinski definition) is 3.